The predicted molar refractivity (Wildman–Crippen MR) is 63.6 cm³/mol. The van der Waals surface area contributed by atoms with Crippen molar-refractivity contribution in [2.24, 2.45) is 0 Å². The SMILES string of the molecule is O=C(OCc1ccccc1)OC1CCNCC1. The Morgan fingerprint density at radius 1 is 1.24 bits per heavy atom. The molecule has 1 aliphatic rings. The molecule has 1 aromatic carbocycles. The maximum absolute atomic E-state index is 11.4. The zero-order valence-corrected chi connectivity index (χ0v) is 9.72. The van der Waals surface area contributed by atoms with E-state index in [0.29, 0.717) is 0 Å². The van der Waals surface area contributed by atoms with Gasteiger partial charge in [-0.2, -0.15) is 0 Å². The number of hydrogen-bond donors (Lipinski definition) is 1. The van der Waals surface area contributed by atoms with Gasteiger partial charge in [-0.1, -0.05) is 30.3 Å². The lowest BCUT2D eigenvalue weighted by Crippen LogP contribution is -2.33. The summed E-state index contributed by atoms with van der Waals surface area (Å²) in [5.74, 6) is 0. The van der Waals surface area contributed by atoms with Gasteiger partial charge in [-0.3, -0.25) is 0 Å². The molecule has 0 amide bonds. The number of benzene rings is 1. The Hall–Kier alpha value is -1.55. The maximum Gasteiger partial charge on any atom is 0.508 e. The fourth-order valence-electron chi connectivity index (χ4n) is 1.80. The number of ether oxygens (including phenoxy) is 2. The van der Waals surface area contributed by atoms with E-state index in [1.165, 1.54) is 0 Å². The van der Waals surface area contributed by atoms with Gasteiger partial charge in [0.25, 0.3) is 0 Å². The van der Waals surface area contributed by atoms with E-state index >= 15 is 0 Å². The van der Waals surface area contributed by atoms with Crippen molar-refractivity contribution in [3.05, 3.63) is 35.9 Å². The van der Waals surface area contributed by atoms with Crippen LogP contribution < -0.4 is 5.32 Å². The molecule has 0 spiro atoms. The first-order valence-electron chi connectivity index (χ1n) is 5.92. The summed E-state index contributed by atoms with van der Waals surface area (Å²) >= 11 is 0. The Kier molecular flexibility index (Phi) is 4.38. The Morgan fingerprint density at radius 2 is 1.94 bits per heavy atom. The summed E-state index contributed by atoms with van der Waals surface area (Å²) in [7, 11) is 0. The van der Waals surface area contributed by atoms with Gasteiger partial charge < -0.3 is 14.8 Å². The van der Waals surface area contributed by atoms with Crippen molar-refractivity contribution in [1.82, 2.24) is 5.32 Å². The molecule has 0 aromatic heterocycles. The summed E-state index contributed by atoms with van der Waals surface area (Å²) in [6, 6.07) is 9.58. The minimum absolute atomic E-state index is 0.000441. The van der Waals surface area contributed by atoms with E-state index in [4.69, 9.17) is 9.47 Å². The third-order valence-corrected chi connectivity index (χ3v) is 2.75. The summed E-state index contributed by atoms with van der Waals surface area (Å²) in [5.41, 5.74) is 0.967. The van der Waals surface area contributed by atoms with E-state index in [0.717, 1.165) is 31.5 Å². The Morgan fingerprint density at radius 3 is 2.65 bits per heavy atom. The summed E-state index contributed by atoms with van der Waals surface area (Å²) in [4.78, 5) is 11.4. The van der Waals surface area contributed by atoms with Crippen LogP contribution in [0.1, 0.15) is 18.4 Å². The van der Waals surface area contributed by atoms with Crippen molar-refractivity contribution < 1.29 is 14.3 Å². The fourth-order valence-corrected chi connectivity index (χ4v) is 1.80. The van der Waals surface area contributed by atoms with Crippen LogP contribution in [0.5, 0.6) is 0 Å². The van der Waals surface area contributed by atoms with E-state index in [2.05, 4.69) is 5.32 Å². The van der Waals surface area contributed by atoms with Gasteiger partial charge in [0.05, 0.1) is 0 Å². The summed E-state index contributed by atoms with van der Waals surface area (Å²) in [5, 5.41) is 3.21. The lowest BCUT2D eigenvalue weighted by molar-refractivity contribution is 0.00963. The minimum atomic E-state index is -0.569. The van der Waals surface area contributed by atoms with Crippen LogP contribution in [0.4, 0.5) is 4.79 Å². The average molecular weight is 235 g/mol. The number of hydrogen-bond acceptors (Lipinski definition) is 4. The number of rotatable bonds is 3. The molecular weight excluding hydrogens is 218 g/mol. The molecule has 0 bridgehead atoms. The van der Waals surface area contributed by atoms with Crippen molar-refractivity contribution in [2.45, 2.75) is 25.6 Å². The van der Waals surface area contributed by atoms with Crippen LogP contribution in [0.25, 0.3) is 0 Å². The standard InChI is InChI=1S/C13H17NO3/c15-13(17-12-6-8-14-9-7-12)16-10-11-4-2-1-3-5-11/h1-5,12,14H,6-10H2. The molecule has 92 valence electrons. The fraction of sp³-hybridized carbons (Fsp3) is 0.462. The molecule has 1 fully saturated rings. The Labute approximate surface area is 101 Å². The zero-order chi connectivity index (χ0) is 11.9. The van der Waals surface area contributed by atoms with Gasteiger partial charge >= 0.3 is 6.16 Å². The molecule has 0 radical (unpaired) electrons. The van der Waals surface area contributed by atoms with Crippen molar-refractivity contribution in [3.63, 3.8) is 0 Å². The third kappa shape index (κ3) is 4.07. The van der Waals surface area contributed by atoms with Crippen molar-refractivity contribution in [2.75, 3.05) is 13.1 Å². The number of nitrogens with one attached hydrogen (secondary N) is 1. The smallest absolute Gasteiger partial charge is 0.431 e. The number of carbonyl (C=O) groups is 1. The van der Waals surface area contributed by atoms with Gasteiger partial charge in [-0.15, -0.1) is 0 Å². The highest BCUT2D eigenvalue weighted by molar-refractivity contribution is 5.60. The molecule has 0 atom stereocenters. The molecule has 0 saturated carbocycles. The average Bonchev–Trinajstić information content (AvgIpc) is 2.39. The first kappa shape index (κ1) is 11.9. The molecule has 1 aliphatic heterocycles. The molecule has 0 unspecified atom stereocenters. The molecule has 0 aliphatic carbocycles. The van der Waals surface area contributed by atoms with Crippen LogP contribution >= 0.6 is 0 Å². The third-order valence-electron chi connectivity index (χ3n) is 2.75. The second-order valence-electron chi connectivity index (χ2n) is 4.09. The van der Waals surface area contributed by atoms with Gasteiger partial charge in [0.1, 0.15) is 12.7 Å². The number of carbonyl (C=O) groups excluding carboxylic acids is 1. The van der Waals surface area contributed by atoms with E-state index in [1.807, 2.05) is 30.3 Å². The maximum atomic E-state index is 11.4. The molecule has 1 N–H and O–H groups in total. The molecular formula is C13H17NO3. The van der Waals surface area contributed by atoms with E-state index in [9.17, 15) is 4.79 Å². The van der Waals surface area contributed by atoms with Gasteiger partial charge in [0, 0.05) is 0 Å². The first-order chi connectivity index (χ1) is 8.34. The highest BCUT2D eigenvalue weighted by Gasteiger charge is 2.18. The quantitative estimate of drug-likeness (QED) is 0.815. The normalized spacial score (nSPS) is 16.5. The van der Waals surface area contributed by atoms with Crippen LogP contribution in [0.3, 0.4) is 0 Å². The highest BCUT2D eigenvalue weighted by Crippen LogP contribution is 2.09. The molecule has 1 saturated heterocycles. The van der Waals surface area contributed by atoms with E-state index < -0.39 is 6.16 Å². The van der Waals surface area contributed by atoms with Crippen molar-refractivity contribution >= 4 is 6.16 Å². The van der Waals surface area contributed by atoms with Crippen molar-refractivity contribution in [3.8, 4) is 0 Å². The summed E-state index contributed by atoms with van der Waals surface area (Å²) in [6.45, 7) is 2.07. The van der Waals surface area contributed by atoms with Crippen molar-refractivity contribution in [1.29, 1.82) is 0 Å². The van der Waals surface area contributed by atoms with Gasteiger partial charge in [-0.05, 0) is 31.5 Å². The first-order valence-corrected chi connectivity index (χ1v) is 5.92. The molecule has 4 nitrogen and oxygen atoms in total. The zero-order valence-electron chi connectivity index (χ0n) is 9.72. The molecule has 4 heteroatoms. The predicted octanol–water partition coefficient (Wildman–Crippen LogP) is 2.09. The Balaban J connectivity index is 1.70. The second kappa shape index (κ2) is 6.25. The van der Waals surface area contributed by atoms with Gasteiger partial charge in [0.15, 0.2) is 0 Å². The summed E-state index contributed by atoms with van der Waals surface area (Å²) < 4.78 is 10.3. The van der Waals surface area contributed by atoms with Gasteiger partial charge in [0.2, 0.25) is 0 Å². The molecule has 1 heterocycles. The van der Waals surface area contributed by atoms with Crippen LogP contribution in [-0.4, -0.2) is 25.3 Å². The number of piperidine rings is 1. The van der Waals surface area contributed by atoms with Crippen LogP contribution in [0.2, 0.25) is 0 Å². The van der Waals surface area contributed by atoms with E-state index in [-0.39, 0.29) is 12.7 Å². The highest BCUT2D eigenvalue weighted by atomic mass is 16.7. The largest absolute Gasteiger partial charge is 0.508 e. The van der Waals surface area contributed by atoms with Gasteiger partial charge in [-0.25, -0.2) is 4.79 Å². The monoisotopic (exact) mass is 235 g/mol. The topological polar surface area (TPSA) is 47.6 Å². The minimum Gasteiger partial charge on any atom is -0.431 e. The van der Waals surface area contributed by atoms with Crippen LogP contribution in [0, 0.1) is 0 Å². The van der Waals surface area contributed by atoms with E-state index in [1.54, 1.807) is 0 Å². The lowest BCUT2D eigenvalue weighted by atomic mass is 10.1. The van der Waals surface area contributed by atoms with Crippen LogP contribution in [-0.2, 0) is 16.1 Å². The lowest BCUT2D eigenvalue weighted by Gasteiger charge is -2.22. The molecule has 17 heavy (non-hydrogen) atoms. The second-order valence-corrected chi connectivity index (χ2v) is 4.09. The molecule has 1 aromatic rings. The summed E-state index contributed by atoms with van der Waals surface area (Å²) in [6.07, 6.45) is 1.15. The Bertz CT molecular complexity index is 347. The molecule has 2 rings (SSSR count). The van der Waals surface area contributed by atoms with Crippen LogP contribution in [0.15, 0.2) is 30.3 Å².